The first kappa shape index (κ1) is 43.8. The van der Waals surface area contributed by atoms with Crippen LogP contribution in [0.5, 0.6) is 5.75 Å². The molecule has 61 heavy (non-hydrogen) atoms. The van der Waals surface area contributed by atoms with E-state index in [9.17, 15) is 28.4 Å². The first-order valence-electron chi connectivity index (χ1n) is 19.8. The average molecular weight is 839 g/mol. The van der Waals surface area contributed by atoms with Crippen molar-refractivity contribution >= 4 is 40.3 Å². The molecular weight excluding hydrogens is 788 g/mol. The Kier molecular flexibility index (Phi) is 14.4. The lowest BCUT2D eigenvalue weighted by Crippen LogP contribution is -2.52. The smallest absolute Gasteiger partial charge is 0.412 e. The maximum Gasteiger partial charge on any atom is 0.412 e. The fraction of sp³-hybridized carbons (Fsp3) is 0.341. The van der Waals surface area contributed by atoms with Gasteiger partial charge in [0.1, 0.15) is 17.2 Å². The number of pyridine rings is 1. The lowest BCUT2D eigenvalue weighted by atomic mass is 10.0. The van der Waals surface area contributed by atoms with Gasteiger partial charge in [0.2, 0.25) is 5.91 Å². The minimum absolute atomic E-state index is 0. The third-order valence-electron chi connectivity index (χ3n) is 9.70. The van der Waals surface area contributed by atoms with E-state index in [1.807, 2.05) is 24.3 Å². The van der Waals surface area contributed by atoms with Gasteiger partial charge in [-0.3, -0.25) is 24.5 Å². The van der Waals surface area contributed by atoms with Crippen LogP contribution >= 0.6 is 0 Å². The molecule has 2 aromatic heterocycles. The van der Waals surface area contributed by atoms with Crippen molar-refractivity contribution in [2.75, 3.05) is 71.5 Å². The second kappa shape index (κ2) is 20.0. The number of halogens is 1. The number of ether oxygens (including phenoxy) is 3. The number of carbonyl (C=O) groups excluding carboxylic acids is 4. The number of anilines is 1. The van der Waals surface area contributed by atoms with Gasteiger partial charge < -0.3 is 34.6 Å². The van der Waals surface area contributed by atoms with Crippen LogP contribution in [0.3, 0.4) is 0 Å². The van der Waals surface area contributed by atoms with Crippen molar-refractivity contribution in [3.8, 4) is 16.9 Å². The molecule has 1 saturated heterocycles. The van der Waals surface area contributed by atoms with Gasteiger partial charge in [-0.2, -0.15) is 5.10 Å². The van der Waals surface area contributed by atoms with Gasteiger partial charge >= 0.3 is 6.09 Å². The van der Waals surface area contributed by atoms with Gasteiger partial charge in [-0.05, 0) is 68.3 Å². The topological polar surface area (TPSA) is 197 Å². The minimum atomic E-state index is -0.760. The Morgan fingerprint density at radius 1 is 0.885 bits per heavy atom. The van der Waals surface area contributed by atoms with Gasteiger partial charge in [0, 0.05) is 64.3 Å². The summed E-state index contributed by atoms with van der Waals surface area (Å²) in [6, 6.07) is 20.4. The summed E-state index contributed by atoms with van der Waals surface area (Å²) in [6.07, 6.45) is 1.08. The van der Waals surface area contributed by atoms with Crippen LogP contribution in [0.4, 0.5) is 14.9 Å². The Hall–Kier alpha value is -6.72. The highest BCUT2D eigenvalue weighted by atomic mass is 19.1. The third kappa shape index (κ3) is 11.7. The number of methoxy groups -OCH3 is 1. The first-order valence-corrected chi connectivity index (χ1v) is 19.8. The Bertz CT molecular complexity index is 2450. The van der Waals surface area contributed by atoms with Crippen molar-refractivity contribution in [3.05, 3.63) is 118 Å². The molecule has 322 valence electrons. The predicted molar refractivity (Wildman–Crippen MR) is 228 cm³/mol. The van der Waals surface area contributed by atoms with E-state index in [-0.39, 0.29) is 75.7 Å². The molecule has 1 aliphatic rings. The SMILES string of the molecule is COc1cccc(-c2cnc(C(=O)NCCOCCNCC(=O)N3CCN(C(=O)c4cc(Cc5n[nH]c(=O)c6ccccc56)ccc4F)CC3)c(NC(=O)OC(C)(C)C)c2)c1.[HH]. The third-order valence-corrected chi connectivity index (χ3v) is 9.70. The summed E-state index contributed by atoms with van der Waals surface area (Å²) < 4.78 is 31.3. The summed E-state index contributed by atoms with van der Waals surface area (Å²) in [4.78, 5) is 71.9. The Labute approximate surface area is 353 Å². The second-order valence-electron chi connectivity index (χ2n) is 15.2. The number of carbonyl (C=O) groups is 4. The van der Waals surface area contributed by atoms with Crippen molar-refractivity contribution in [1.82, 2.24) is 35.6 Å². The number of aromatic nitrogens is 3. The average Bonchev–Trinajstić information content (AvgIpc) is 3.25. The number of amides is 4. The van der Waals surface area contributed by atoms with Crippen LogP contribution in [-0.2, 0) is 20.7 Å². The molecule has 0 saturated carbocycles. The molecule has 0 unspecified atom stereocenters. The van der Waals surface area contributed by atoms with Gasteiger partial charge in [-0.15, -0.1) is 0 Å². The van der Waals surface area contributed by atoms with E-state index in [0.717, 1.165) is 5.56 Å². The highest BCUT2D eigenvalue weighted by Gasteiger charge is 2.27. The van der Waals surface area contributed by atoms with Crippen LogP contribution in [0, 0.1) is 5.82 Å². The molecule has 16 nitrogen and oxygen atoms in total. The number of rotatable bonds is 15. The van der Waals surface area contributed by atoms with Crippen LogP contribution in [-0.4, -0.2) is 121 Å². The number of H-pyrrole nitrogens is 1. The number of aromatic amines is 1. The minimum Gasteiger partial charge on any atom is -0.497 e. The molecule has 1 fully saturated rings. The van der Waals surface area contributed by atoms with E-state index in [0.29, 0.717) is 53.0 Å². The van der Waals surface area contributed by atoms with Gasteiger partial charge in [-0.25, -0.2) is 19.3 Å². The highest BCUT2D eigenvalue weighted by molar-refractivity contribution is 6.02. The monoisotopic (exact) mass is 838 g/mol. The number of nitrogens with zero attached hydrogens (tertiary/aromatic N) is 4. The Morgan fingerprint density at radius 3 is 2.38 bits per heavy atom. The van der Waals surface area contributed by atoms with Crippen molar-refractivity contribution in [1.29, 1.82) is 0 Å². The molecule has 0 atom stereocenters. The van der Waals surface area contributed by atoms with Crippen LogP contribution in [0.15, 0.2) is 83.8 Å². The summed E-state index contributed by atoms with van der Waals surface area (Å²) in [5.41, 5.74) is 1.72. The van der Waals surface area contributed by atoms with E-state index in [1.165, 1.54) is 23.2 Å². The van der Waals surface area contributed by atoms with Gasteiger partial charge in [0.25, 0.3) is 17.4 Å². The summed E-state index contributed by atoms with van der Waals surface area (Å²) in [5, 5.41) is 16.3. The molecule has 0 radical (unpaired) electrons. The van der Waals surface area contributed by atoms with Crippen LogP contribution < -0.4 is 26.2 Å². The van der Waals surface area contributed by atoms with E-state index < -0.39 is 29.3 Å². The van der Waals surface area contributed by atoms with E-state index in [1.54, 1.807) is 69.2 Å². The maximum atomic E-state index is 14.9. The molecule has 0 spiro atoms. The molecular formula is C44H51FN8O8. The largest absolute Gasteiger partial charge is 0.497 e. The van der Waals surface area contributed by atoms with E-state index in [4.69, 9.17) is 14.2 Å². The second-order valence-corrected chi connectivity index (χ2v) is 15.2. The lowest BCUT2D eigenvalue weighted by molar-refractivity contribution is -0.131. The summed E-state index contributed by atoms with van der Waals surface area (Å²) in [7, 11) is 1.56. The molecule has 0 aliphatic carbocycles. The van der Waals surface area contributed by atoms with E-state index >= 15 is 0 Å². The lowest BCUT2D eigenvalue weighted by Gasteiger charge is -2.35. The summed E-state index contributed by atoms with van der Waals surface area (Å²) >= 11 is 0. The summed E-state index contributed by atoms with van der Waals surface area (Å²) in [6.45, 7) is 7.32. The van der Waals surface area contributed by atoms with Crippen molar-refractivity contribution < 1.29 is 39.2 Å². The number of nitrogens with one attached hydrogen (secondary N) is 4. The first-order chi connectivity index (χ1) is 29.3. The summed E-state index contributed by atoms with van der Waals surface area (Å²) in [5.74, 6) is -1.14. The van der Waals surface area contributed by atoms with Crippen molar-refractivity contribution in [2.45, 2.75) is 32.8 Å². The van der Waals surface area contributed by atoms with Crippen LogP contribution in [0.25, 0.3) is 21.9 Å². The zero-order valence-corrected chi connectivity index (χ0v) is 34.5. The molecule has 5 aromatic rings. The molecule has 1 aliphatic heterocycles. The zero-order valence-electron chi connectivity index (χ0n) is 34.5. The number of benzene rings is 3. The zero-order chi connectivity index (χ0) is 43.5. The Morgan fingerprint density at radius 2 is 1.62 bits per heavy atom. The van der Waals surface area contributed by atoms with Crippen LogP contribution in [0.1, 0.15) is 54.3 Å². The number of hydrogen-bond acceptors (Lipinski definition) is 11. The number of hydrogen-bond donors (Lipinski definition) is 4. The molecule has 4 N–H and O–H groups in total. The molecule has 4 amide bonds. The normalized spacial score (nSPS) is 12.9. The van der Waals surface area contributed by atoms with Crippen molar-refractivity contribution in [2.24, 2.45) is 0 Å². The molecule has 6 rings (SSSR count). The van der Waals surface area contributed by atoms with Gasteiger partial charge in [0.15, 0.2) is 5.69 Å². The number of fused-ring (bicyclic) bond motifs is 1. The van der Waals surface area contributed by atoms with Crippen LogP contribution in [0.2, 0.25) is 0 Å². The highest BCUT2D eigenvalue weighted by Crippen LogP contribution is 2.28. The fourth-order valence-electron chi connectivity index (χ4n) is 6.66. The van der Waals surface area contributed by atoms with Gasteiger partial charge in [-0.1, -0.05) is 36.4 Å². The van der Waals surface area contributed by atoms with Crippen molar-refractivity contribution in [3.63, 3.8) is 0 Å². The molecule has 3 aromatic carbocycles. The quantitative estimate of drug-likeness (QED) is 0.107. The Balaban J connectivity index is 0.00000726. The van der Waals surface area contributed by atoms with Gasteiger partial charge in [0.05, 0.1) is 49.2 Å². The predicted octanol–water partition coefficient (Wildman–Crippen LogP) is 4.64. The standard InChI is InChI=1S/C44H49FN8O8.H2/c1-44(2,3)61-43(58)49-37-25-30(29-8-7-9-31(24-29)59-4)26-48-39(37)41(56)47-15-21-60-20-14-46-27-38(54)52-16-18-53(19-17-52)42(57)34-22-28(12-13-35(34)45)23-36-32-10-5-6-11-33(32)40(55)51-50-36;/h5-13,22,24-26,46H,14-21,23,27H2,1-4H3,(H,47,56)(H,49,58)(H,51,55);1H. The fourth-order valence-corrected chi connectivity index (χ4v) is 6.66. The molecule has 3 heterocycles. The maximum absolute atomic E-state index is 14.9. The van der Waals surface area contributed by atoms with E-state index in [2.05, 4.69) is 31.1 Å². The number of piperazine rings is 1. The molecule has 0 bridgehead atoms. The molecule has 17 heteroatoms.